The Morgan fingerprint density at radius 3 is 2.73 bits per heavy atom. The smallest absolute Gasteiger partial charge is 0.334 e. The number of hydrogen-bond acceptors (Lipinski definition) is 6. The van der Waals surface area contributed by atoms with Gasteiger partial charge in [0.05, 0.1) is 30.2 Å². The minimum absolute atomic E-state index is 0.110. The first-order valence-electron chi connectivity index (χ1n) is 11.3. The van der Waals surface area contributed by atoms with Crippen LogP contribution >= 0.6 is 0 Å². The molecule has 4 rings (SSSR count). The highest BCUT2D eigenvalue weighted by Gasteiger charge is 2.31. The maximum absolute atomic E-state index is 13.7. The Morgan fingerprint density at radius 1 is 1.33 bits per heavy atom. The first-order valence-corrected chi connectivity index (χ1v) is 11.3. The molecule has 0 spiro atoms. The van der Waals surface area contributed by atoms with E-state index in [0.29, 0.717) is 41.8 Å². The van der Waals surface area contributed by atoms with Gasteiger partial charge in [-0.15, -0.1) is 0 Å². The fourth-order valence-electron chi connectivity index (χ4n) is 4.34. The van der Waals surface area contributed by atoms with Gasteiger partial charge in [-0.05, 0) is 31.8 Å². The molecule has 1 amide bonds. The van der Waals surface area contributed by atoms with E-state index in [-0.39, 0.29) is 17.6 Å². The molecule has 1 atom stereocenters. The van der Waals surface area contributed by atoms with E-state index in [1.807, 2.05) is 25.2 Å². The van der Waals surface area contributed by atoms with E-state index in [0.717, 1.165) is 31.4 Å². The molecule has 3 heterocycles. The van der Waals surface area contributed by atoms with E-state index < -0.39 is 0 Å². The van der Waals surface area contributed by atoms with Crippen molar-refractivity contribution in [2.45, 2.75) is 37.6 Å². The van der Waals surface area contributed by atoms with Gasteiger partial charge in [-0.25, -0.2) is 14.2 Å². The first-order chi connectivity index (χ1) is 15.8. The molecule has 2 aliphatic rings. The van der Waals surface area contributed by atoms with E-state index in [1.165, 1.54) is 6.08 Å². The van der Waals surface area contributed by atoms with Crippen molar-refractivity contribution in [3.05, 3.63) is 65.5 Å². The highest BCUT2D eigenvalue weighted by molar-refractivity contribution is 5.87. The summed E-state index contributed by atoms with van der Waals surface area (Å²) in [5.74, 6) is 0.711. The number of hydrogen-bond donors (Lipinski definition) is 1. The Kier molecular flexibility index (Phi) is 6.31. The lowest BCUT2D eigenvalue weighted by molar-refractivity contribution is -0.127. The molecule has 2 aromatic heterocycles. The summed E-state index contributed by atoms with van der Waals surface area (Å²) >= 11 is 0. The van der Waals surface area contributed by atoms with E-state index in [4.69, 9.17) is 4.74 Å². The molecule has 1 unspecified atom stereocenters. The molecule has 0 aromatic carbocycles. The Morgan fingerprint density at radius 2 is 2.09 bits per heavy atom. The summed E-state index contributed by atoms with van der Waals surface area (Å²) in [6.07, 6.45) is 10.6. The van der Waals surface area contributed by atoms with Crippen LogP contribution in [0.25, 0.3) is 5.65 Å². The predicted octanol–water partition coefficient (Wildman–Crippen LogP) is 2.70. The summed E-state index contributed by atoms with van der Waals surface area (Å²) in [7, 11) is 5.39. The van der Waals surface area contributed by atoms with E-state index >= 15 is 0 Å². The highest BCUT2D eigenvalue weighted by atomic mass is 16.5. The van der Waals surface area contributed by atoms with Crippen molar-refractivity contribution in [3.63, 3.8) is 0 Å². The molecule has 1 aliphatic heterocycles. The van der Waals surface area contributed by atoms with Crippen molar-refractivity contribution in [2.75, 3.05) is 39.6 Å². The van der Waals surface area contributed by atoms with Gasteiger partial charge in [0.15, 0.2) is 5.65 Å². The maximum atomic E-state index is 13.7. The van der Waals surface area contributed by atoms with Gasteiger partial charge in [0.1, 0.15) is 5.76 Å². The number of nitrogens with one attached hydrogen (secondary N) is 1. The predicted molar refractivity (Wildman–Crippen MR) is 128 cm³/mol. The van der Waals surface area contributed by atoms with Crippen LogP contribution < -0.4 is 11.0 Å². The molecule has 0 bridgehead atoms. The van der Waals surface area contributed by atoms with Gasteiger partial charge in [-0.2, -0.15) is 0 Å². The van der Waals surface area contributed by atoms with Gasteiger partial charge >= 0.3 is 5.69 Å². The normalized spacial score (nSPS) is 18.8. The van der Waals surface area contributed by atoms with Crippen LogP contribution in [0.4, 0.5) is 5.69 Å². The Bertz CT molecular complexity index is 1170. The fourth-order valence-corrected chi connectivity index (χ4v) is 4.34. The summed E-state index contributed by atoms with van der Waals surface area (Å²) in [4.78, 5) is 34.1. The molecular weight excluding hydrogens is 420 g/mol. The lowest BCUT2D eigenvalue weighted by Crippen LogP contribution is -2.43. The number of ether oxygens (including phenoxy) is 1. The molecule has 1 N–H and O–H groups in total. The lowest BCUT2D eigenvalue weighted by atomic mass is 10.1. The largest absolute Gasteiger partial charge is 0.495 e. The quantitative estimate of drug-likeness (QED) is 0.377. The van der Waals surface area contributed by atoms with Crippen molar-refractivity contribution in [2.24, 2.45) is 0 Å². The van der Waals surface area contributed by atoms with Gasteiger partial charge in [-0.3, -0.25) is 9.36 Å². The minimum Gasteiger partial charge on any atom is -0.495 e. The number of carbonyl (C=O) groups is 1. The summed E-state index contributed by atoms with van der Waals surface area (Å²) < 4.78 is 8.84. The Hall–Kier alpha value is -3.49. The van der Waals surface area contributed by atoms with Crippen molar-refractivity contribution in [1.29, 1.82) is 0 Å². The molecule has 176 valence electrons. The van der Waals surface area contributed by atoms with Crippen LogP contribution in [-0.2, 0) is 9.53 Å². The fraction of sp³-hybridized carbons (Fsp3) is 0.458. The molecule has 9 nitrogen and oxygen atoms in total. The third kappa shape index (κ3) is 4.53. The van der Waals surface area contributed by atoms with E-state index in [1.54, 1.807) is 33.4 Å². The number of piperidine rings is 1. The van der Waals surface area contributed by atoms with Crippen molar-refractivity contribution < 1.29 is 9.53 Å². The van der Waals surface area contributed by atoms with Crippen LogP contribution in [0.1, 0.15) is 43.3 Å². The monoisotopic (exact) mass is 452 g/mol. The average molecular weight is 453 g/mol. The number of nitrogens with zero attached hydrogens (tertiary/aromatic N) is 5. The van der Waals surface area contributed by atoms with Gasteiger partial charge in [0.25, 0.3) is 0 Å². The number of fused-ring (bicyclic) bond motifs is 1. The number of anilines is 1. The van der Waals surface area contributed by atoms with Crippen molar-refractivity contribution in [3.8, 4) is 0 Å². The molecule has 9 heteroatoms. The van der Waals surface area contributed by atoms with Crippen LogP contribution in [0.3, 0.4) is 0 Å². The minimum atomic E-state index is -0.138. The summed E-state index contributed by atoms with van der Waals surface area (Å²) in [5, 5.41) is 3.38. The second kappa shape index (κ2) is 9.17. The molecule has 1 aliphatic carbocycles. The third-order valence-corrected chi connectivity index (χ3v) is 6.19. The number of imidazole rings is 1. The Labute approximate surface area is 193 Å². The first kappa shape index (κ1) is 22.7. The van der Waals surface area contributed by atoms with Crippen molar-refractivity contribution in [1.82, 2.24) is 23.8 Å². The second-order valence-electron chi connectivity index (χ2n) is 8.89. The standard InChI is InChI=1S/C24H32N6O3/c1-6-22(31)28-11-7-8-18(13-28)29-15-20(26-19(14-27(3)4)16(2)33-5)23-25-12-21(17-9-10-17)30(23)24(29)32/h6,12,14-15,17-18,26H,1-2,7-11,13H2,3-5H3/b19-14+. The Balaban J connectivity index is 1.82. The number of rotatable bonds is 8. The molecule has 33 heavy (non-hydrogen) atoms. The van der Waals surface area contributed by atoms with Crippen LogP contribution in [-0.4, -0.2) is 64.0 Å². The zero-order valence-corrected chi connectivity index (χ0v) is 19.6. The third-order valence-electron chi connectivity index (χ3n) is 6.19. The topological polar surface area (TPSA) is 84.1 Å². The number of methoxy groups -OCH3 is 1. The average Bonchev–Trinajstić information content (AvgIpc) is 3.56. The number of carbonyl (C=O) groups excluding carboxylic acids is 1. The second-order valence-corrected chi connectivity index (χ2v) is 8.89. The number of aromatic nitrogens is 3. The van der Waals surface area contributed by atoms with Crippen LogP contribution in [0.5, 0.6) is 0 Å². The lowest BCUT2D eigenvalue weighted by Gasteiger charge is -2.33. The summed E-state index contributed by atoms with van der Waals surface area (Å²) in [5.41, 5.74) is 2.72. The zero-order chi connectivity index (χ0) is 23.7. The van der Waals surface area contributed by atoms with E-state index in [2.05, 4.69) is 23.5 Å². The van der Waals surface area contributed by atoms with Gasteiger partial charge in [-0.1, -0.05) is 13.2 Å². The van der Waals surface area contributed by atoms with Gasteiger partial charge < -0.3 is 19.9 Å². The molecule has 1 saturated heterocycles. The molecule has 2 aromatic rings. The van der Waals surface area contributed by atoms with E-state index in [9.17, 15) is 9.59 Å². The van der Waals surface area contributed by atoms with Gasteiger partial charge in [0, 0.05) is 51.7 Å². The number of likely N-dealkylation sites (tertiary alicyclic amines) is 1. The van der Waals surface area contributed by atoms with Crippen LogP contribution in [0.15, 0.2) is 54.1 Å². The molecule has 2 fully saturated rings. The molecular formula is C24H32N6O3. The van der Waals surface area contributed by atoms with Crippen molar-refractivity contribution >= 4 is 17.2 Å². The highest BCUT2D eigenvalue weighted by Crippen LogP contribution is 2.40. The number of amides is 1. The SMILES string of the molecule is C=CC(=O)N1CCCC(n2cc(N/C(=C/N(C)C)C(=C)OC)c3ncc(C4CC4)n3c2=O)C1. The van der Waals surface area contributed by atoms with Gasteiger partial charge in [0.2, 0.25) is 5.91 Å². The van der Waals surface area contributed by atoms with Crippen LogP contribution in [0.2, 0.25) is 0 Å². The summed E-state index contributed by atoms with van der Waals surface area (Å²) in [6.45, 7) is 8.73. The summed E-state index contributed by atoms with van der Waals surface area (Å²) in [6, 6.07) is -0.138. The van der Waals surface area contributed by atoms with Crippen LogP contribution in [0, 0.1) is 0 Å². The molecule has 0 radical (unpaired) electrons. The molecule has 1 saturated carbocycles. The zero-order valence-electron chi connectivity index (χ0n) is 19.6. The maximum Gasteiger partial charge on any atom is 0.334 e.